The highest BCUT2D eigenvalue weighted by Crippen LogP contribution is 2.33. The Balaban J connectivity index is 2.08. The van der Waals surface area contributed by atoms with E-state index in [2.05, 4.69) is 9.97 Å². The first-order valence-electron chi connectivity index (χ1n) is 7.59. The van der Waals surface area contributed by atoms with Gasteiger partial charge in [0.25, 0.3) is 5.91 Å². The first-order valence-corrected chi connectivity index (χ1v) is 7.97. The molecule has 2 heterocycles. The third kappa shape index (κ3) is 3.95. The number of nitrogens with zero attached hydrogens (tertiary/aromatic N) is 3. The van der Waals surface area contributed by atoms with E-state index in [-0.39, 0.29) is 12.2 Å². The lowest BCUT2D eigenvalue weighted by Crippen LogP contribution is -2.35. The Morgan fingerprint density at radius 1 is 1.30 bits per heavy atom. The zero-order valence-electron chi connectivity index (χ0n) is 13.5. The molecule has 0 saturated carbocycles. The fourth-order valence-electron chi connectivity index (χ4n) is 2.66. The van der Waals surface area contributed by atoms with Gasteiger partial charge in [-0.3, -0.25) is 9.69 Å². The molecule has 2 aromatic rings. The van der Waals surface area contributed by atoms with Gasteiger partial charge in [0.2, 0.25) is 5.82 Å². The van der Waals surface area contributed by atoms with E-state index in [1.807, 2.05) is 0 Å². The molecule has 1 aromatic carbocycles. The Morgan fingerprint density at radius 3 is 2.52 bits per heavy atom. The highest BCUT2D eigenvalue weighted by Gasteiger charge is 2.42. The molecule has 1 aromatic heterocycles. The normalized spacial score (nSPS) is 18.3. The number of primary amides is 1. The predicted octanol–water partition coefficient (Wildman–Crippen LogP) is 2.54. The topological polar surface area (TPSA) is 98.4 Å². The predicted molar refractivity (Wildman–Crippen MR) is 86.5 cm³/mol. The van der Waals surface area contributed by atoms with Crippen molar-refractivity contribution in [1.29, 1.82) is 0 Å². The number of ether oxygens (including phenoxy) is 1. The first kappa shape index (κ1) is 18.9. The molecular weight excluding hydrogens is 389 g/mol. The number of carbonyl (C=O) groups is 2. The lowest BCUT2D eigenvalue weighted by Gasteiger charge is -2.26. The Bertz CT molecular complexity index is 876. The van der Waals surface area contributed by atoms with Crippen LogP contribution < -0.4 is 5.73 Å². The van der Waals surface area contributed by atoms with E-state index in [0.717, 1.165) is 11.1 Å². The van der Waals surface area contributed by atoms with Crippen LogP contribution in [0.1, 0.15) is 23.1 Å². The summed E-state index contributed by atoms with van der Waals surface area (Å²) < 4.78 is 43.9. The van der Waals surface area contributed by atoms with Crippen molar-refractivity contribution in [2.75, 3.05) is 6.54 Å². The van der Waals surface area contributed by atoms with Crippen molar-refractivity contribution < 1.29 is 27.5 Å². The number of aromatic nitrogens is 2. The summed E-state index contributed by atoms with van der Waals surface area (Å²) in [6.07, 6.45) is -5.93. The molecule has 142 valence electrons. The van der Waals surface area contributed by atoms with Crippen molar-refractivity contribution in [1.82, 2.24) is 14.9 Å². The van der Waals surface area contributed by atoms with E-state index < -0.39 is 36.1 Å². The van der Waals surface area contributed by atoms with Crippen molar-refractivity contribution in [2.24, 2.45) is 5.73 Å². The number of carbonyl (C=O) groups excluding carboxylic acids is 2. The second kappa shape index (κ2) is 7.03. The number of cyclic esters (lactones) is 1. The molecule has 1 aliphatic heterocycles. The summed E-state index contributed by atoms with van der Waals surface area (Å²) in [4.78, 5) is 31.4. The van der Waals surface area contributed by atoms with Gasteiger partial charge < -0.3 is 10.5 Å². The molecule has 11 heteroatoms. The molecule has 2 N–H and O–H groups in total. The number of nitrogens with two attached hydrogens (primary N) is 1. The van der Waals surface area contributed by atoms with Gasteiger partial charge in [0.1, 0.15) is 6.04 Å². The van der Waals surface area contributed by atoms with Crippen molar-refractivity contribution in [3.05, 3.63) is 58.6 Å². The average molecular weight is 401 g/mol. The molecular formula is C16H12ClF3N4O3. The number of benzene rings is 1. The van der Waals surface area contributed by atoms with Crippen molar-refractivity contribution in [3.63, 3.8) is 0 Å². The van der Waals surface area contributed by atoms with Crippen molar-refractivity contribution >= 4 is 23.6 Å². The Labute approximate surface area is 155 Å². The number of rotatable bonds is 4. The van der Waals surface area contributed by atoms with E-state index in [1.54, 1.807) is 0 Å². The third-order valence-corrected chi connectivity index (χ3v) is 4.12. The summed E-state index contributed by atoms with van der Waals surface area (Å²) in [6.45, 7) is -0.229. The zero-order valence-corrected chi connectivity index (χ0v) is 14.2. The van der Waals surface area contributed by atoms with Gasteiger partial charge in [0.15, 0.2) is 6.10 Å². The molecule has 2 amide bonds. The van der Waals surface area contributed by atoms with E-state index >= 15 is 0 Å². The van der Waals surface area contributed by atoms with Gasteiger partial charge in [-0.1, -0.05) is 23.7 Å². The Morgan fingerprint density at radius 2 is 1.96 bits per heavy atom. The smallest absolute Gasteiger partial charge is 0.434 e. The maximum Gasteiger partial charge on any atom is 0.451 e. The van der Waals surface area contributed by atoms with E-state index in [0.29, 0.717) is 10.6 Å². The lowest BCUT2D eigenvalue weighted by molar-refractivity contribution is -0.145. The molecule has 1 aliphatic rings. The van der Waals surface area contributed by atoms with Gasteiger partial charge in [-0.2, -0.15) is 13.2 Å². The van der Waals surface area contributed by atoms with Crippen molar-refractivity contribution in [2.45, 2.75) is 18.3 Å². The number of halogens is 4. The summed E-state index contributed by atoms with van der Waals surface area (Å²) in [5, 5.41) is 0.398. The van der Waals surface area contributed by atoms with Crippen LogP contribution >= 0.6 is 11.6 Å². The molecule has 0 radical (unpaired) electrons. The minimum absolute atomic E-state index is 0.0956. The summed E-state index contributed by atoms with van der Waals surface area (Å²) in [5.74, 6) is -2.21. The summed E-state index contributed by atoms with van der Waals surface area (Å²) in [7, 11) is 0. The van der Waals surface area contributed by atoms with Gasteiger partial charge in [-0.25, -0.2) is 14.8 Å². The third-order valence-electron chi connectivity index (χ3n) is 3.87. The van der Waals surface area contributed by atoms with Gasteiger partial charge >= 0.3 is 12.3 Å². The maximum atomic E-state index is 13.0. The van der Waals surface area contributed by atoms with Crippen LogP contribution in [0.2, 0.25) is 5.02 Å². The molecule has 0 bridgehead atoms. The molecule has 7 nitrogen and oxygen atoms in total. The van der Waals surface area contributed by atoms with Gasteiger partial charge in [0, 0.05) is 11.2 Å². The van der Waals surface area contributed by atoms with Gasteiger partial charge in [-0.05, 0) is 23.8 Å². The van der Waals surface area contributed by atoms with Crippen LogP contribution in [0.4, 0.5) is 18.0 Å². The molecule has 0 aliphatic carbocycles. The van der Waals surface area contributed by atoms with Crippen LogP contribution in [0, 0.1) is 0 Å². The molecule has 0 spiro atoms. The van der Waals surface area contributed by atoms with Crippen LogP contribution in [0.25, 0.3) is 0 Å². The number of amides is 2. The average Bonchev–Trinajstić information content (AvgIpc) is 2.98. The van der Waals surface area contributed by atoms with Gasteiger partial charge in [-0.15, -0.1) is 0 Å². The van der Waals surface area contributed by atoms with Crippen LogP contribution in [0.5, 0.6) is 0 Å². The fraction of sp³-hybridized carbons (Fsp3) is 0.250. The van der Waals surface area contributed by atoms with Crippen LogP contribution in [0.15, 0.2) is 36.5 Å². The molecule has 1 saturated heterocycles. The fourth-order valence-corrected chi connectivity index (χ4v) is 2.78. The second-order valence-corrected chi connectivity index (χ2v) is 6.12. The maximum absolute atomic E-state index is 13.0. The minimum Gasteiger partial charge on any atom is -0.434 e. The monoisotopic (exact) mass is 400 g/mol. The van der Waals surface area contributed by atoms with E-state index in [9.17, 15) is 22.8 Å². The largest absolute Gasteiger partial charge is 0.451 e. The summed E-state index contributed by atoms with van der Waals surface area (Å²) >= 11 is 5.86. The van der Waals surface area contributed by atoms with Crippen molar-refractivity contribution in [3.8, 4) is 0 Å². The first-order chi connectivity index (χ1) is 12.7. The van der Waals surface area contributed by atoms with Crippen LogP contribution in [-0.4, -0.2) is 39.5 Å². The quantitative estimate of drug-likeness (QED) is 0.850. The lowest BCUT2D eigenvalue weighted by atomic mass is 10.0. The number of alkyl halides is 3. The molecule has 3 rings (SSSR count). The number of hydrogen-bond donors (Lipinski definition) is 1. The van der Waals surface area contributed by atoms with Crippen LogP contribution in [0.3, 0.4) is 0 Å². The number of hydrogen-bond acceptors (Lipinski definition) is 5. The SMILES string of the molecule is NC(=O)C1CN([C@@H](c2ccc(Cl)cc2)c2ccnc(C(F)(F)F)n2)C(=O)O1. The van der Waals surface area contributed by atoms with E-state index in [1.165, 1.54) is 30.3 Å². The summed E-state index contributed by atoms with van der Waals surface area (Å²) in [5.41, 5.74) is 5.49. The highest BCUT2D eigenvalue weighted by molar-refractivity contribution is 6.30. The standard InChI is InChI=1S/C16H12ClF3N4O3/c17-9-3-1-8(2-4-9)12(24-7-11(13(21)25)27-15(24)26)10-5-6-22-14(23-10)16(18,19)20/h1-6,11-12H,7H2,(H2,21,25)/t11?,12-/m0/s1. The van der Waals surface area contributed by atoms with Gasteiger partial charge in [0.05, 0.1) is 12.2 Å². The molecule has 2 atom stereocenters. The highest BCUT2D eigenvalue weighted by atomic mass is 35.5. The Kier molecular flexibility index (Phi) is 4.92. The zero-order chi connectivity index (χ0) is 19.8. The molecule has 1 unspecified atom stereocenters. The van der Waals surface area contributed by atoms with E-state index in [4.69, 9.17) is 22.1 Å². The molecule has 27 heavy (non-hydrogen) atoms. The summed E-state index contributed by atoms with van der Waals surface area (Å²) in [6, 6.07) is 6.30. The molecule has 1 fully saturated rings. The van der Waals surface area contributed by atoms with Crippen LogP contribution in [-0.2, 0) is 15.7 Å². The second-order valence-electron chi connectivity index (χ2n) is 5.68. The minimum atomic E-state index is -4.76. The Hall–Kier alpha value is -2.88.